The van der Waals surface area contributed by atoms with Crippen molar-refractivity contribution in [3.05, 3.63) is 56.7 Å². The average Bonchev–Trinajstić information content (AvgIpc) is 2.90. The molecule has 2 aromatic rings. The second-order valence-electron chi connectivity index (χ2n) is 5.74. The number of thiophene rings is 1. The Balaban J connectivity index is 2.13. The Morgan fingerprint density at radius 3 is 2.38 bits per heavy atom. The van der Waals surface area contributed by atoms with Crippen LogP contribution in [0.3, 0.4) is 0 Å². The van der Waals surface area contributed by atoms with Crippen molar-refractivity contribution in [3.8, 4) is 0 Å². The molecule has 1 unspecified atom stereocenters. The molecule has 0 saturated heterocycles. The van der Waals surface area contributed by atoms with Gasteiger partial charge >= 0.3 is 0 Å². The molecular formula is C18H24ClNS. The maximum absolute atomic E-state index is 6.32. The summed E-state index contributed by atoms with van der Waals surface area (Å²) in [6.45, 7) is 7.67. The molecule has 1 aromatic heterocycles. The Hall–Kier alpha value is -0.830. The molecule has 1 atom stereocenters. The van der Waals surface area contributed by atoms with Gasteiger partial charge in [-0.05, 0) is 47.9 Å². The van der Waals surface area contributed by atoms with Gasteiger partial charge in [-0.25, -0.2) is 0 Å². The smallest absolute Gasteiger partial charge is 0.0561 e. The molecule has 21 heavy (non-hydrogen) atoms. The zero-order valence-electron chi connectivity index (χ0n) is 13.0. The molecule has 0 spiro atoms. The molecule has 114 valence electrons. The molecule has 0 aliphatic heterocycles. The van der Waals surface area contributed by atoms with E-state index in [0.717, 1.165) is 24.4 Å². The van der Waals surface area contributed by atoms with Gasteiger partial charge in [-0.2, -0.15) is 0 Å². The van der Waals surface area contributed by atoms with E-state index in [1.807, 2.05) is 6.07 Å². The van der Waals surface area contributed by atoms with Crippen LogP contribution in [0.1, 0.15) is 55.2 Å². The second kappa shape index (κ2) is 7.98. The Kier molecular flexibility index (Phi) is 6.28. The number of halogens is 1. The molecular weight excluding hydrogens is 298 g/mol. The summed E-state index contributed by atoms with van der Waals surface area (Å²) in [5, 5.41) is 6.58. The lowest BCUT2D eigenvalue weighted by atomic mass is 9.98. The number of nitrogens with one attached hydrogen (secondary N) is 1. The van der Waals surface area contributed by atoms with Crippen molar-refractivity contribution in [1.29, 1.82) is 0 Å². The van der Waals surface area contributed by atoms with Crippen molar-refractivity contribution in [1.82, 2.24) is 5.32 Å². The summed E-state index contributed by atoms with van der Waals surface area (Å²) in [6.07, 6.45) is 2.12. The lowest BCUT2D eigenvalue weighted by molar-refractivity contribution is 0.536. The van der Waals surface area contributed by atoms with Crippen LogP contribution in [0.25, 0.3) is 0 Å². The van der Waals surface area contributed by atoms with Crippen molar-refractivity contribution < 1.29 is 0 Å². The fourth-order valence-electron chi connectivity index (χ4n) is 2.40. The normalized spacial score (nSPS) is 12.8. The molecule has 0 bridgehead atoms. The first-order valence-corrected chi connectivity index (χ1v) is 8.92. The fraction of sp³-hybridized carbons (Fsp3) is 0.444. The van der Waals surface area contributed by atoms with Crippen molar-refractivity contribution in [2.75, 3.05) is 6.54 Å². The molecule has 0 amide bonds. The summed E-state index contributed by atoms with van der Waals surface area (Å²) in [6, 6.07) is 11.3. The van der Waals surface area contributed by atoms with Crippen LogP contribution < -0.4 is 5.32 Å². The van der Waals surface area contributed by atoms with E-state index in [4.69, 9.17) is 11.6 Å². The quantitative estimate of drug-likeness (QED) is 0.678. The van der Waals surface area contributed by atoms with E-state index in [0.29, 0.717) is 12.0 Å². The average molecular weight is 322 g/mol. The van der Waals surface area contributed by atoms with Gasteiger partial charge in [0.2, 0.25) is 0 Å². The molecule has 1 aromatic carbocycles. The Morgan fingerprint density at radius 1 is 1.14 bits per heavy atom. The summed E-state index contributed by atoms with van der Waals surface area (Å²) in [5.41, 5.74) is 2.75. The number of hydrogen-bond acceptors (Lipinski definition) is 2. The Bertz CT molecular complexity index is 545. The molecule has 1 heterocycles. The van der Waals surface area contributed by atoms with E-state index in [9.17, 15) is 0 Å². The summed E-state index contributed by atoms with van der Waals surface area (Å²) in [4.78, 5) is 1.25. The van der Waals surface area contributed by atoms with Crippen molar-refractivity contribution in [3.63, 3.8) is 0 Å². The van der Waals surface area contributed by atoms with Gasteiger partial charge in [0.05, 0.1) is 5.02 Å². The topological polar surface area (TPSA) is 12.0 Å². The Morgan fingerprint density at radius 2 is 1.86 bits per heavy atom. The highest BCUT2D eigenvalue weighted by Crippen LogP contribution is 2.31. The summed E-state index contributed by atoms with van der Waals surface area (Å²) in [5.74, 6) is 0.583. The molecule has 2 rings (SSSR count). The van der Waals surface area contributed by atoms with Gasteiger partial charge < -0.3 is 5.32 Å². The van der Waals surface area contributed by atoms with Gasteiger partial charge in [0.25, 0.3) is 0 Å². The maximum Gasteiger partial charge on any atom is 0.0561 e. The van der Waals surface area contributed by atoms with Gasteiger partial charge in [0.1, 0.15) is 0 Å². The molecule has 1 N–H and O–H groups in total. The first-order chi connectivity index (χ1) is 10.1. The molecule has 3 heteroatoms. The van der Waals surface area contributed by atoms with Gasteiger partial charge in [-0.15, -0.1) is 11.3 Å². The molecule has 0 radical (unpaired) electrons. The molecule has 0 fully saturated rings. The third-order valence-electron chi connectivity index (χ3n) is 3.69. The van der Waals surface area contributed by atoms with E-state index in [1.165, 1.54) is 16.0 Å². The minimum absolute atomic E-state index is 0.308. The highest BCUT2D eigenvalue weighted by Gasteiger charge is 2.16. The predicted molar refractivity (Wildman–Crippen MR) is 94.6 cm³/mol. The Labute approximate surface area is 137 Å². The third-order valence-corrected chi connectivity index (χ3v) is 5.16. The zero-order valence-corrected chi connectivity index (χ0v) is 14.6. The van der Waals surface area contributed by atoms with Crippen molar-refractivity contribution in [2.24, 2.45) is 0 Å². The number of hydrogen-bond donors (Lipinski definition) is 1. The summed E-state index contributed by atoms with van der Waals surface area (Å²) >= 11 is 8.06. The lowest BCUT2D eigenvalue weighted by Crippen LogP contribution is -2.23. The van der Waals surface area contributed by atoms with E-state index in [2.05, 4.69) is 55.7 Å². The second-order valence-corrected chi connectivity index (χ2v) is 7.09. The fourth-order valence-corrected chi connectivity index (χ4v) is 3.67. The zero-order chi connectivity index (χ0) is 15.2. The largest absolute Gasteiger partial charge is 0.309 e. The van der Waals surface area contributed by atoms with Crippen molar-refractivity contribution >= 4 is 22.9 Å². The monoisotopic (exact) mass is 321 g/mol. The standard InChI is InChI=1S/C18H24ClNS/c1-4-10-20-17(18-16(19)9-11-21-18)12-14-5-7-15(8-6-14)13(2)3/h5-9,11,13,17,20H,4,10,12H2,1-3H3. The van der Waals surface area contributed by atoms with Crippen LogP contribution in [0.2, 0.25) is 5.02 Å². The SMILES string of the molecule is CCCNC(Cc1ccc(C(C)C)cc1)c1sccc1Cl. The molecule has 0 aliphatic rings. The molecule has 1 nitrogen and oxygen atoms in total. The number of rotatable bonds is 7. The van der Waals surface area contributed by atoms with Crippen LogP contribution in [0, 0.1) is 0 Å². The highest BCUT2D eigenvalue weighted by atomic mass is 35.5. The summed E-state index contributed by atoms with van der Waals surface area (Å²) < 4.78 is 0. The first-order valence-electron chi connectivity index (χ1n) is 7.67. The van der Waals surface area contributed by atoms with Crippen LogP contribution in [-0.4, -0.2) is 6.54 Å². The first kappa shape index (κ1) is 16.5. The van der Waals surface area contributed by atoms with Crippen LogP contribution >= 0.6 is 22.9 Å². The van der Waals surface area contributed by atoms with Gasteiger partial charge in [0.15, 0.2) is 0 Å². The van der Waals surface area contributed by atoms with Gasteiger partial charge in [-0.3, -0.25) is 0 Å². The minimum Gasteiger partial charge on any atom is -0.309 e. The summed E-state index contributed by atoms with van der Waals surface area (Å²) in [7, 11) is 0. The number of benzene rings is 1. The van der Waals surface area contributed by atoms with Gasteiger partial charge in [0, 0.05) is 10.9 Å². The van der Waals surface area contributed by atoms with E-state index in [-0.39, 0.29) is 0 Å². The molecule has 0 aliphatic carbocycles. The van der Waals surface area contributed by atoms with Crippen LogP contribution in [-0.2, 0) is 6.42 Å². The maximum atomic E-state index is 6.32. The van der Waals surface area contributed by atoms with E-state index < -0.39 is 0 Å². The predicted octanol–water partition coefficient (Wildman–Crippen LogP) is 5.81. The highest BCUT2D eigenvalue weighted by molar-refractivity contribution is 7.10. The minimum atomic E-state index is 0.308. The van der Waals surface area contributed by atoms with E-state index >= 15 is 0 Å². The van der Waals surface area contributed by atoms with Gasteiger partial charge in [-0.1, -0.05) is 56.6 Å². The lowest BCUT2D eigenvalue weighted by Gasteiger charge is -2.18. The van der Waals surface area contributed by atoms with E-state index in [1.54, 1.807) is 11.3 Å². The van der Waals surface area contributed by atoms with Crippen LogP contribution in [0.15, 0.2) is 35.7 Å². The van der Waals surface area contributed by atoms with Crippen molar-refractivity contribution in [2.45, 2.75) is 45.6 Å². The van der Waals surface area contributed by atoms with Crippen LogP contribution in [0.5, 0.6) is 0 Å². The van der Waals surface area contributed by atoms with Crippen LogP contribution in [0.4, 0.5) is 0 Å². The third kappa shape index (κ3) is 4.57. The molecule has 0 saturated carbocycles.